The summed E-state index contributed by atoms with van der Waals surface area (Å²) in [5.41, 5.74) is 5.25. The topological polar surface area (TPSA) is 97.7 Å². The Balaban J connectivity index is 1.57. The molecule has 0 bridgehead atoms. The van der Waals surface area contributed by atoms with Crippen LogP contribution in [0.1, 0.15) is 21.9 Å². The lowest BCUT2D eigenvalue weighted by atomic mass is 10.1. The van der Waals surface area contributed by atoms with Crippen LogP contribution in [0.25, 0.3) is 22.2 Å². The molecule has 0 spiro atoms. The number of aromatic amines is 1. The molecule has 3 heterocycles. The van der Waals surface area contributed by atoms with Gasteiger partial charge in [-0.05, 0) is 38.1 Å². The van der Waals surface area contributed by atoms with Crippen LogP contribution in [-0.4, -0.2) is 38.0 Å². The van der Waals surface area contributed by atoms with Gasteiger partial charge in [0.1, 0.15) is 11.4 Å². The predicted molar refractivity (Wildman–Crippen MR) is 107 cm³/mol. The third kappa shape index (κ3) is 3.09. The van der Waals surface area contributed by atoms with Crippen molar-refractivity contribution < 1.29 is 9.53 Å². The summed E-state index contributed by atoms with van der Waals surface area (Å²) in [5.74, 6) is 0.454. The van der Waals surface area contributed by atoms with Crippen LogP contribution < -0.4 is 10.1 Å². The van der Waals surface area contributed by atoms with Crippen molar-refractivity contribution in [2.24, 2.45) is 7.05 Å². The molecule has 1 aromatic carbocycles. The number of hydrogen-bond acceptors (Lipinski definition) is 5. The summed E-state index contributed by atoms with van der Waals surface area (Å²) >= 11 is 0. The van der Waals surface area contributed by atoms with Crippen LogP contribution in [0.15, 0.2) is 36.5 Å². The number of hydrogen-bond donors (Lipinski definition) is 2. The number of fused-ring (bicyclic) bond motifs is 1. The zero-order chi connectivity index (χ0) is 19.8. The second-order valence-electron chi connectivity index (χ2n) is 6.57. The summed E-state index contributed by atoms with van der Waals surface area (Å²) in [5, 5.41) is 15.2. The van der Waals surface area contributed by atoms with E-state index in [4.69, 9.17) is 4.74 Å². The normalized spacial score (nSPS) is 11.0. The van der Waals surface area contributed by atoms with Gasteiger partial charge in [0.15, 0.2) is 0 Å². The van der Waals surface area contributed by atoms with Crippen LogP contribution in [0.4, 0.5) is 5.69 Å². The number of pyridine rings is 1. The maximum Gasteiger partial charge on any atom is 0.273 e. The Morgan fingerprint density at radius 3 is 2.75 bits per heavy atom. The molecule has 8 nitrogen and oxygen atoms in total. The number of methoxy groups -OCH3 is 1. The summed E-state index contributed by atoms with van der Waals surface area (Å²) < 4.78 is 7.01. The highest BCUT2D eigenvalue weighted by Gasteiger charge is 2.17. The first-order valence-electron chi connectivity index (χ1n) is 8.77. The van der Waals surface area contributed by atoms with E-state index in [0.29, 0.717) is 17.1 Å². The Bertz CT molecular complexity index is 1190. The number of ether oxygens (including phenoxy) is 1. The van der Waals surface area contributed by atoms with E-state index in [1.165, 1.54) is 0 Å². The van der Waals surface area contributed by atoms with Crippen molar-refractivity contribution in [3.63, 3.8) is 0 Å². The van der Waals surface area contributed by atoms with Crippen LogP contribution >= 0.6 is 0 Å². The molecule has 0 aliphatic rings. The third-order valence-corrected chi connectivity index (χ3v) is 4.74. The number of carbonyl (C=O) groups excluding carboxylic acids is 1. The van der Waals surface area contributed by atoms with Crippen molar-refractivity contribution in [1.29, 1.82) is 0 Å². The van der Waals surface area contributed by atoms with Crippen molar-refractivity contribution in [3.05, 3.63) is 53.6 Å². The quantitative estimate of drug-likeness (QED) is 0.570. The van der Waals surface area contributed by atoms with Gasteiger partial charge in [-0.15, -0.1) is 0 Å². The first kappa shape index (κ1) is 17.7. The number of aryl methyl sites for hydroxylation is 2. The molecule has 4 aromatic rings. The number of aromatic nitrogens is 5. The maximum atomic E-state index is 12.6. The van der Waals surface area contributed by atoms with Crippen LogP contribution in [0, 0.1) is 13.8 Å². The molecular weight excluding hydrogens is 356 g/mol. The summed E-state index contributed by atoms with van der Waals surface area (Å²) in [4.78, 5) is 17.0. The molecule has 4 rings (SSSR count). The molecule has 0 saturated carbocycles. The van der Waals surface area contributed by atoms with Gasteiger partial charge in [0.25, 0.3) is 5.91 Å². The Morgan fingerprint density at radius 1 is 1.21 bits per heavy atom. The average molecular weight is 376 g/mol. The van der Waals surface area contributed by atoms with Gasteiger partial charge < -0.3 is 10.1 Å². The summed E-state index contributed by atoms with van der Waals surface area (Å²) in [6, 6.07) is 9.20. The van der Waals surface area contributed by atoms with Crippen LogP contribution in [0.5, 0.6) is 5.75 Å². The average Bonchev–Trinajstić information content (AvgIpc) is 3.26. The molecule has 0 fully saturated rings. The van der Waals surface area contributed by atoms with E-state index in [2.05, 4.69) is 25.6 Å². The van der Waals surface area contributed by atoms with E-state index in [1.54, 1.807) is 24.1 Å². The van der Waals surface area contributed by atoms with E-state index in [9.17, 15) is 4.79 Å². The van der Waals surface area contributed by atoms with Gasteiger partial charge in [-0.25, -0.2) is 0 Å². The van der Waals surface area contributed by atoms with E-state index >= 15 is 0 Å². The Labute approximate surface area is 161 Å². The van der Waals surface area contributed by atoms with Crippen LogP contribution in [0.2, 0.25) is 0 Å². The molecule has 0 radical (unpaired) electrons. The number of amides is 1. The minimum Gasteiger partial charge on any atom is -0.497 e. The predicted octanol–water partition coefficient (Wildman–Crippen LogP) is 3.24. The Morgan fingerprint density at radius 2 is 2.04 bits per heavy atom. The first-order chi connectivity index (χ1) is 13.5. The van der Waals surface area contributed by atoms with Gasteiger partial charge in [-0.1, -0.05) is 0 Å². The fourth-order valence-corrected chi connectivity index (χ4v) is 3.21. The fourth-order valence-electron chi connectivity index (χ4n) is 3.21. The number of nitrogens with one attached hydrogen (secondary N) is 2. The van der Waals surface area contributed by atoms with Gasteiger partial charge in [0, 0.05) is 29.8 Å². The molecule has 0 aliphatic carbocycles. The molecule has 28 heavy (non-hydrogen) atoms. The zero-order valence-corrected chi connectivity index (χ0v) is 16.1. The third-order valence-electron chi connectivity index (χ3n) is 4.74. The minimum atomic E-state index is -0.285. The van der Waals surface area contributed by atoms with E-state index < -0.39 is 0 Å². The van der Waals surface area contributed by atoms with E-state index in [-0.39, 0.29) is 5.91 Å². The Kier molecular flexibility index (Phi) is 4.31. The number of rotatable bonds is 4. The van der Waals surface area contributed by atoms with Crippen molar-refractivity contribution in [2.45, 2.75) is 13.8 Å². The van der Waals surface area contributed by atoms with Crippen LogP contribution in [-0.2, 0) is 7.05 Å². The molecule has 0 saturated heterocycles. The van der Waals surface area contributed by atoms with Gasteiger partial charge in [0.05, 0.1) is 35.9 Å². The second-order valence-corrected chi connectivity index (χ2v) is 6.57. The fraction of sp³-hybridized carbons (Fsp3) is 0.200. The lowest BCUT2D eigenvalue weighted by Gasteiger charge is -2.06. The molecule has 8 heteroatoms. The smallest absolute Gasteiger partial charge is 0.273 e. The second kappa shape index (κ2) is 6.80. The molecule has 3 aromatic heterocycles. The standard InChI is InChI=1S/C20H20N6O2/c1-11-19(12(2)26(3)25-11)17-9-18(24-23-17)20(27)22-14-7-13-5-6-15(28-4)8-16(13)21-10-14/h5-10H,1-4H3,(H,22,27)(H,23,24). The number of anilines is 1. The molecule has 2 N–H and O–H groups in total. The monoisotopic (exact) mass is 376 g/mol. The highest BCUT2D eigenvalue weighted by atomic mass is 16.5. The zero-order valence-electron chi connectivity index (χ0n) is 16.1. The first-order valence-corrected chi connectivity index (χ1v) is 8.77. The van der Waals surface area contributed by atoms with Crippen molar-refractivity contribution in [2.75, 3.05) is 12.4 Å². The lowest BCUT2D eigenvalue weighted by molar-refractivity contribution is 0.102. The molecule has 0 aliphatic heterocycles. The van der Waals surface area contributed by atoms with E-state index in [1.807, 2.05) is 45.2 Å². The summed E-state index contributed by atoms with van der Waals surface area (Å²) in [6.45, 7) is 3.89. The minimum absolute atomic E-state index is 0.285. The van der Waals surface area contributed by atoms with Gasteiger partial charge in [-0.3, -0.25) is 19.6 Å². The largest absolute Gasteiger partial charge is 0.497 e. The van der Waals surface area contributed by atoms with Gasteiger partial charge >= 0.3 is 0 Å². The Hall–Kier alpha value is -3.68. The SMILES string of the molecule is COc1ccc2cc(NC(=O)c3cc(-c4c(C)nn(C)c4C)n[nH]3)cnc2c1. The molecule has 0 atom stereocenters. The number of nitrogens with zero attached hydrogens (tertiary/aromatic N) is 4. The highest BCUT2D eigenvalue weighted by Crippen LogP contribution is 2.26. The number of benzene rings is 1. The highest BCUT2D eigenvalue weighted by molar-refractivity contribution is 6.04. The van der Waals surface area contributed by atoms with E-state index in [0.717, 1.165) is 33.6 Å². The van der Waals surface area contributed by atoms with Crippen molar-refractivity contribution in [3.8, 4) is 17.0 Å². The lowest BCUT2D eigenvalue weighted by Crippen LogP contribution is -2.12. The van der Waals surface area contributed by atoms with Crippen molar-refractivity contribution >= 4 is 22.5 Å². The molecule has 0 unspecified atom stereocenters. The molecule has 1 amide bonds. The maximum absolute atomic E-state index is 12.6. The van der Waals surface area contributed by atoms with Gasteiger partial charge in [-0.2, -0.15) is 10.2 Å². The molecular formula is C20H20N6O2. The number of carbonyl (C=O) groups is 1. The van der Waals surface area contributed by atoms with Crippen molar-refractivity contribution in [1.82, 2.24) is 25.0 Å². The number of H-pyrrole nitrogens is 1. The summed E-state index contributed by atoms with van der Waals surface area (Å²) in [6.07, 6.45) is 1.62. The molecule has 142 valence electrons. The summed E-state index contributed by atoms with van der Waals surface area (Å²) in [7, 11) is 3.50. The van der Waals surface area contributed by atoms with Gasteiger partial charge in [0.2, 0.25) is 0 Å². The van der Waals surface area contributed by atoms with Crippen LogP contribution in [0.3, 0.4) is 0 Å².